The lowest BCUT2D eigenvalue weighted by Crippen LogP contribution is -2.51. The first kappa shape index (κ1) is 24.2. The average Bonchev–Trinajstić information content (AvgIpc) is 3.18. The van der Waals surface area contributed by atoms with Crippen LogP contribution in [0.4, 0.5) is 11.5 Å². The first-order valence-corrected chi connectivity index (χ1v) is 10.7. The molecule has 0 bridgehead atoms. The number of nitrogens with zero attached hydrogens (tertiary/aromatic N) is 3. The topological polar surface area (TPSA) is 129 Å². The second-order valence-corrected chi connectivity index (χ2v) is 7.95. The molecule has 11 heteroatoms. The molecule has 1 aromatic carbocycles. The molecule has 1 fully saturated rings. The SMILES string of the molecule is COc1ccc(C)cc1NC(=O)CNC(=O)CN1CCN(CC(=O)Nc2cc(C)on2)CC1. The van der Waals surface area contributed by atoms with Crippen LogP contribution in [0.25, 0.3) is 0 Å². The van der Waals surface area contributed by atoms with Gasteiger partial charge in [-0.15, -0.1) is 0 Å². The standard InChI is InChI=1S/C22H30N6O5/c1-15-4-5-18(32-3)17(10-15)24-20(29)12-23-21(30)13-27-6-8-28(9-7-27)14-22(31)25-19-11-16(2)33-26-19/h4-5,10-11H,6-9,12-14H2,1-3H3,(H,23,30)(H,24,29)(H,25,26,31). The van der Waals surface area contributed by atoms with Gasteiger partial charge >= 0.3 is 0 Å². The van der Waals surface area contributed by atoms with Crippen molar-refractivity contribution in [3.63, 3.8) is 0 Å². The van der Waals surface area contributed by atoms with Gasteiger partial charge in [-0.3, -0.25) is 24.2 Å². The molecule has 0 radical (unpaired) electrons. The number of benzene rings is 1. The highest BCUT2D eigenvalue weighted by Crippen LogP contribution is 2.24. The number of aryl methyl sites for hydroxylation is 2. The van der Waals surface area contributed by atoms with Gasteiger partial charge in [-0.2, -0.15) is 0 Å². The highest BCUT2D eigenvalue weighted by atomic mass is 16.5. The van der Waals surface area contributed by atoms with Crippen LogP contribution in [0.15, 0.2) is 28.8 Å². The Balaban J connectivity index is 1.34. The summed E-state index contributed by atoms with van der Waals surface area (Å²) >= 11 is 0. The summed E-state index contributed by atoms with van der Waals surface area (Å²) in [6, 6.07) is 7.14. The van der Waals surface area contributed by atoms with E-state index in [4.69, 9.17) is 9.26 Å². The Hall–Kier alpha value is -3.44. The Morgan fingerprint density at radius 2 is 1.64 bits per heavy atom. The Labute approximate surface area is 192 Å². The predicted molar refractivity (Wildman–Crippen MR) is 122 cm³/mol. The zero-order valence-corrected chi connectivity index (χ0v) is 19.1. The monoisotopic (exact) mass is 458 g/mol. The maximum Gasteiger partial charge on any atom is 0.243 e. The number of anilines is 2. The second kappa shape index (κ2) is 11.4. The van der Waals surface area contributed by atoms with E-state index in [1.165, 1.54) is 7.11 Å². The normalized spacial score (nSPS) is 14.5. The fourth-order valence-corrected chi connectivity index (χ4v) is 3.47. The van der Waals surface area contributed by atoms with Crippen molar-refractivity contribution in [1.29, 1.82) is 0 Å². The third-order valence-corrected chi connectivity index (χ3v) is 5.17. The molecular weight excluding hydrogens is 428 g/mol. The van der Waals surface area contributed by atoms with Crippen molar-refractivity contribution in [2.45, 2.75) is 13.8 Å². The Morgan fingerprint density at radius 3 is 2.24 bits per heavy atom. The van der Waals surface area contributed by atoms with Gasteiger partial charge in [0.25, 0.3) is 0 Å². The second-order valence-electron chi connectivity index (χ2n) is 7.95. The number of aromatic nitrogens is 1. The molecule has 0 spiro atoms. The summed E-state index contributed by atoms with van der Waals surface area (Å²) in [6.45, 7) is 6.60. The summed E-state index contributed by atoms with van der Waals surface area (Å²) in [7, 11) is 1.53. The van der Waals surface area contributed by atoms with E-state index in [9.17, 15) is 14.4 Å². The Bertz CT molecular complexity index is 983. The molecule has 0 unspecified atom stereocenters. The molecule has 0 atom stereocenters. The number of hydrogen-bond donors (Lipinski definition) is 3. The predicted octanol–water partition coefficient (Wildman–Crippen LogP) is 0.611. The molecule has 1 saturated heterocycles. The van der Waals surface area contributed by atoms with Crippen LogP contribution in [0.5, 0.6) is 5.75 Å². The van der Waals surface area contributed by atoms with Gasteiger partial charge in [0.15, 0.2) is 5.82 Å². The van der Waals surface area contributed by atoms with Crippen LogP contribution in [-0.2, 0) is 14.4 Å². The third-order valence-electron chi connectivity index (χ3n) is 5.17. The molecule has 1 aliphatic heterocycles. The number of piperazine rings is 1. The van der Waals surface area contributed by atoms with Gasteiger partial charge in [-0.1, -0.05) is 11.2 Å². The average molecular weight is 459 g/mol. The van der Waals surface area contributed by atoms with Crippen molar-refractivity contribution in [2.24, 2.45) is 0 Å². The first-order chi connectivity index (χ1) is 15.8. The molecule has 178 valence electrons. The van der Waals surface area contributed by atoms with Gasteiger partial charge in [0.1, 0.15) is 11.5 Å². The molecule has 2 aromatic rings. The van der Waals surface area contributed by atoms with Gasteiger partial charge in [-0.25, -0.2) is 0 Å². The maximum absolute atomic E-state index is 12.3. The number of rotatable bonds is 9. The molecule has 1 aromatic heterocycles. The molecular formula is C22H30N6O5. The van der Waals surface area contributed by atoms with Crippen molar-refractivity contribution in [2.75, 3.05) is 63.6 Å². The smallest absolute Gasteiger partial charge is 0.243 e. The molecule has 3 amide bonds. The van der Waals surface area contributed by atoms with E-state index in [-0.39, 0.29) is 37.4 Å². The van der Waals surface area contributed by atoms with Crippen LogP contribution < -0.4 is 20.7 Å². The van der Waals surface area contributed by atoms with E-state index in [1.54, 1.807) is 19.1 Å². The van der Waals surface area contributed by atoms with E-state index < -0.39 is 0 Å². The van der Waals surface area contributed by atoms with E-state index >= 15 is 0 Å². The van der Waals surface area contributed by atoms with Gasteiger partial charge in [0, 0.05) is 32.2 Å². The zero-order valence-electron chi connectivity index (χ0n) is 19.1. The lowest BCUT2D eigenvalue weighted by Gasteiger charge is -2.33. The molecule has 0 saturated carbocycles. The van der Waals surface area contributed by atoms with Crippen molar-refractivity contribution < 1.29 is 23.6 Å². The van der Waals surface area contributed by atoms with Gasteiger partial charge in [0.05, 0.1) is 32.4 Å². The fraction of sp³-hybridized carbons (Fsp3) is 0.455. The fourth-order valence-electron chi connectivity index (χ4n) is 3.47. The summed E-state index contributed by atoms with van der Waals surface area (Å²) in [6.07, 6.45) is 0. The highest BCUT2D eigenvalue weighted by molar-refractivity contribution is 5.96. The van der Waals surface area contributed by atoms with E-state index in [0.29, 0.717) is 49.2 Å². The number of ether oxygens (including phenoxy) is 1. The van der Waals surface area contributed by atoms with Crippen molar-refractivity contribution in [3.05, 3.63) is 35.6 Å². The molecule has 2 heterocycles. The summed E-state index contributed by atoms with van der Waals surface area (Å²) < 4.78 is 10.2. The summed E-state index contributed by atoms with van der Waals surface area (Å²) in [4.78, 5) is 40.6. The Morgan fingerprint density at radius 1 is 0.970 bits per heavy atom. The quantitative estimate of drug-likeness (QED) is 0.499. The molecule has 11 nitrogen and oxygen atoms in total. The van der Waals surface area contributed by atoms with E-state index in [1.807, 2.05) is 28.9 Å². The minimum absolute atomic E-state index is 0.127. The number of carbonyl (C=O) groups excluding carboxylic acids is 3. The molecule has 3 rings (SSSR count). The van der Waals surface area contributed by atoms with Crippen LogP contribution in [-0.4, -0.2) is 85.6 Å². The zero-order chi connectivity index (χ0) is 23.8. The van der Waals surface area contributed by atoms with Crippen molar-refractivity contribution >= 4 is 29.2 Å². The minimum atomic E-state index is -0.328. The molecule has 1 aliphatic rings. The molecule has 33 heavy (non-hydrogen) atoms. The van der Waals surface area contributed by atoms with E-state index in [2.05, 4.69) is 21.1 Å². The van der Waals surface area contributed by atoms with Crippen LogP contribution >= 0.6 is 0 Å². The molecule has 0 aliphatic carbocycles. The summed E-state index contributed by atoms with van der Waals surface area (Å²) in [5.41, 5.74) is 1.55. The number of nitrogens with one attached hydrogen (secondary N) is 3. The summed E-state index contributed by atoms with van der Waals surface area (Å²) in [5.74, 6) is 0.871. The van der Waals surface area contributed by atoms with Crippen LogP contribution in [0, 0.1) is 13.8 Å². The maximum atomic E-state index is 12.3. The number of hydrogen-bond acceptors (Lipinski definition) is 8. The van der Waals surface area contributed by atoms with Crippen LogP contribution in [0.2, 0.25) is 0 Å². The number of carbonyl (C=O) groups is 3. The van der Waals surface area contributed by atoms with Gasteiger partial charge < -0.3 is 25.2 Å². The van der Waals surface area contributed by atoms with E-state index in [0.717, 1.165) is 5.56 Å². The number of methoxy groups -OCH3 is 1. The highest BCUT2D eigenvalue weighted by Gasteiger charge is 2.21. The lowest BCUT2D eigenvalue weighted by molar-refractivity contribution is -0.125. The lowest BCUT2D eigenvalue weighted by atomic mass is 10.2. The molecule has 3 N–H and O–H groups in total. The minimum Gasteiger partial charge on any atom is -0.495 e. The van der Waals surface area contributed by atoms with Crippen molar-refractivity contribution in [3.8, 4) is 5.75 Å². The van der Waals surface area contributed by atoms with Gasteiger partial charge in [0.2, 0.25) is 17.7 Å². The largest absolute Gasteiger partial charge is 0.495 e. The first-order valence-electron chi connectivity index (χ1n) is 10.7. The summed E-state index contributed by atoms with van der Waals surface area (Å²) in [5, 5.41) is 11.9. The Kier molecular flexibility index (Phi) is 8.39. The van der Waals surface area contributed by atoms with Crippen molar-refractivity contribution in [1.82, 2.24) is 20.3 Å². The number of amides is 3. The van der Waals surface area contributed by atoms with Gasteiger partial charge in [-0.05, 0) is 31.5 Å². The third kappa shape index (κ3) is 7.58. The van der Waals surface area contributed by atoms with Crippen LogP contribution in [0.1, 0.15) is 11.3 Å². The van der Waals surface area contributed by atoms with Crippen LogP contribution in [0.3, 0.4) is 0 Å².